The number of hydrogen-bond acceptors (Lipinski definition) is 1. The minimum absolute atomic E-state index is 0.125. The Labute approximate surface area is 93.0 Å². The Bertz CT molecular complexity index is 358. The van der Waals surface area contributed by atoms with Crippen molar-refractivity contribution in [1.82, 2.24) is 5.32 Å². The van der Waals surface area contributed by atoms with Gasteiger partial charge in [-0.15, -0.1) is 6.58 Å². The summed E-state index contributed by atoms with van der Waals surface area (Å²) in [6, 6.07) is 5.22. The average molecular weight is 229 g/mol. The summed E-state index contributed by atoms with van der Waals surface area (Å²) in [5.74, 6) is 0. The third-order valence-corrected chi connectivity index (χ3v) is 2.37. The van der Waals surface area contributed by atoms with E-state index < -0.39 is 11.7 Å². The van der Waals surface area contributed by atoms with Crippen LogP contribution in [0.1, 0.15) is 23.6 Å². The van der Waals surface area contributed by atoms with Crippen LogP contribution < -0.4 is 5.32 Å². The van der Waals surface area contributed by atoms with E-state index in [0.717, 1.165) is 6.07 Å². The normalized spacial score (nSPS) is 13.5. The standard InChI is InChI=1S/C12H14F3N/c1-3-5-11(16-2)9-6-4-7-10(8-9)12(13,14)15/h3-4,6-8,11,16H,1,5H2,2H3. The van der Waals surface area contributed by atoms with Gasteiger partial charge >= 0.3 is 6.18 Å². The zero-order chi connectivity index (χ0) is 12.2. The highest BCUT2D eigenvalue weighted by molar-refractivity contribution is 5.28. The fourth-order valence-electron chi connectivity index (χ4n) is 1.52. The number of halogens is 3. The van der Waals surface area contributed by atoms with Crippen molar-refractivity contribution in [3.63, 3.8) is 0 Å². The van der Waals surface area contributed by atoms with Gasteiger partial charge < -0.3 is 5.32 Å². The first kappa shape index (κ1) is 12.8. The van der Waals surface area contributed by atoms with Crippen molar-refractivity contribution < 1.29 is 13.2 Å². The predicted octanol–water partition coefficient (Wildman–Crippen LogP) is 3.54. The minimum atomic E-state index is -4.29. The van der Waals surface area contributed by atoms with Gasteiger partial charge in [-0.25, -0.2) is 0 Å². The molecule has 1 unspecified atom stereocenters. The van der Waals surface area contributed by atoms with E-state index in [1.165, 1.54) is 12.1 Å². The molecule has 88 valence electrons. The van der Waals surface area contributed by atoms with Crippen LogP contribution in [0.25, 0.3) is 0 Å². The van der Waals surface area contributed by atoms with E-state index in [9.17, 15) is 13.2 Å². The maximum atomic E-state index is 12.5. The van der Waals surface area contributed by atoms with E-state index in [-0.39, 0.29) is 6.04 Å². The van der Waals surface area contributed by atoms with Crippen LogP contribution in [0.3, 0.4) is 0 Å². The Balaban J connectivity index is 3.01. The molecular weight excluding hydrogens is 215 g/mol. The second kappa shape index (κ2) is 5.16. The fraction of sp³-hybridized carbons (Fsp3) is 0.333. The maximum absolute atomic E-state index is 12.5. The lowest BCUT2D eigenvalue weighted by Gasteiger charge is -2.16. The van der Waals surface area contributed by atoms with Crippen molar-refractivity contribution in [3.05, 3.63) is 48.0 Å². The van der Waals surface area contributed by atoms with Gasteiger partial charge in [0.15, 0.2) is 0 Å². The Morgan fingerprint density at radius 3 is 2.62 bits per heavy atom. The number of nitrogens with one attached hydrogen (secondary N) is 1. The lowest BCUT2D eigenvalue weighted by Crippen LogP contribution is -2.16. The van der Waals surface area contributed by atoms with E-state index in [1.54, 1.807) is 19.2 Å². The summed E-state index contributed by atoms with van der Waals surface area (Å²) in [5, 5.41) is 2.96. The van der Waals surface area contributed by atoms with Gasteiger partial charge in [-0.2, -0.15) is 13.2 Å². The van der Waals surface area contributed by atoms with Crippen LogP contribution >= 0.6 is 0 Å². The lowest BCUT2D eigenvalue weighted by atomic mass is 10.0. The van der Waals surface area contributed by atoms with Gasteiger partial charge in [-0.05, 0) is 31.2 Å². The Morgan fingerprint density at radius 2 is 2.12 bits per heavy atom. The molecule has 0 aliphatic carbocycles. The Kier molecular flexibility index (Phi) is 4.12. The highest BCUT2D eigenvalue weighted by Crippen LogP contribution is 2.31. The molecule has 0 amide bonds. The number of hydrogen-bond donors (Lipinski definition) is 1. The minimum Gasteiger partial charge on any atom is -0.313 e. The molecule has 0 aliphatic heterocycles. The SMILES string of the molecule is C=CCC(NC)c1cccc(C(F)(F)F)c1. The summed E-state index contributed by atoms with van der Waals surface area (Å²) in [6.45, 7) is 3.58. The summed E-state index contributed by atoms with van der Waals surface area (Å²) in [6.07, 6.45) is -2.01. The first-order valence-electron chi connectivity index (χ1n) is 4.94. The third kappa shape index (κ3) is 3.10. The smallest absolute Gasteiger partial charge is 0.313 e. The second-order valence-electron chi connectivity index (χ2n) is 3.49. The summed E-state index contributed by atoms with van der Waals surface area (Å²) in [5.41, 5.74) is 0.00605. The number of alkyl halides is 3. The largest absolute Gasteiger partial charge is 0.416 e. The molecule has 16 heavy (non-hydrogen) atoms. The molecule has 0 aliphatic rings. The van der Waals surface area contributed by atoms with E-state index >= 15 is 0 Å². The van der Waals surface area contributed by atoms with Gasteiger partial charge in [0, 0.05) is 6.04 Å². The van der Waals surface area contributed by atoms with Gasteiger partial charge in [0.25, 0.3) is 0 Å². The summed E-state index contributed by atoms with van der Waals surface area (Å²) >= 11 is 0. The van der Waals surface area contributed by atoms with E-state index in [0.29, 0.717) is 12.0 Å². The van der Waals surface area contributed by atoms with Gasteiger partial charge in [-0.1, -0.05) is 18.2 Å². The van der Waals surface area contributed by atoms with Crippen molar-refractivity contribution in [2.24, 2.45) is 0 Å². The molecule has 1 aromatic carbocycles. The summed E-state index contributed by atoms with van der Waals surface area (Å²) in [7, 11) is 1.72. The van der Waals surface area contributed by atoms with Crippen LogP contribution in [0.5, 0.6) is 0 Å². The first-order valence-corrected chi connectivity index (χ1v) is 4.94. The topological polar surface area (TPSA) is 12.0 Å². The van der Waals surface area contributed by atoms with Crippen molar-refractivity contribution in [2.75, 3.05) is 7.05 Å². The molecule has 0 aromatic heterocycles. The molecular formula is C12H14F3N. The zero-order valence-electron chi connectivity index (χ0n) is 9.01. The van der Waals surface area contributed by atoms with Crippen LogP contribution in [0.4, 0.5) is 13.2 Å². The molecule has 0 saturated carbocycles. The molecule has 1 aromatic rings. The van der Waals surface area contributed by atoms with E-state index in [2.05, 4.69) is 11.9 Å². The monoisotopic (exact) mass is 229 g/mol. The summed E-state index contributed by atoms with van der Waals surface area (Å²) < 4.78 is 37.4. The molecule has 0 radical (unpaired) electrons. The predicted molar refractivity (Wildman–Crippen MR) is 58.1 cm³/mol. The first-order chi connectivity index (χ1) is 7.49. The van der Waals surface area contributed by atoms with Crippen LogP contribution in [-0.2, 0) is 6.18 Å². The molecule has 0 saturated heterocycles. The van der Waals surface area contributed by atoms with Crippen LogP contribution in [0.2, 0.25) is 0 Å². The molecule has 1 atom stereocenters. The lowest BCUT2D eigenvalue weighted by molar-refractivity contribution is -0.137. The van der Waals surface area contributed by atoms with Crippen molar-refractivity contribution in [1.29, 1.82) is 0 Å². The van der Waals surface area contributed by atoms with Gasteiger partial charge in [-0.3, -0.25) is 0 Å². The third-order valence-electron chi connectivity index (χ3n) is 2.37. The van der Waals surface area contributed by atoms with Crippen LogP contribution in [0.15, 0.2) is 36.9 Å². The quantitative estimate of drug-likeness (QED) is 0.778. The van der Waals surface area contributed by atoms with Crippen molar-refractivity contribution in [2.45, 2.75) is 18.6 Å². The van der Waals surface area contributed by atoms with Crippen molar-refractivity contribution >= 4 is 0 Å². The molecule has 0 fully saturated rings. The van der Waals surface area contributed by atoms with Gasteiger partial charge in [0.1, 0.15) is 0 Å². The second-order valence-corrected chi connectivity index (χ2v) is 3.49. The Morgan fingerprint density at radius 1 is 1.44 bits per heavy atom. The summed E-state index contributed by atoms with van der Waals surface area (Å²) in [4.78, 5) is 0. The molecule has 0 spiro atoms. The number of benzene rings is 1. The molecule has 1 rings (SSSR count). The fourth-order valence-corrected chi connectivity index (χ4v) is 1.52. The molecule has 4 heteroatoms. The Hall–Kier alpha value is -1.29. The highest BCUT2D eigenvalue weighted by Gasteiger charge is 2.30. The van der Waals surface area contributed by atoms with E-state index in [4.69, 9.17) is 0 Å². The zero-order valence-corrected chi connectivity index (χ0v) is 9.01. The average Bonchev–Trinajstić information content (AvgIpc) is 2.25. The van der Waals surface area contributed by atoms with Crippen LogP contribution in [0, 0.1) is 0 Å². The highest BCUT2D eigenvalue weighted by atomic mass is 19.4. The number of rotatable bonds is 4. The van der Waals surface area contributed by atoms with E-state index in [1.807, 2.05) is 0 Å². The maximum Gasteiger partial charge on any atom is 0.416 e. The molecule has 0 heterocycles. The molecule has 1 N–H and O–H groups in total. The van der Waals surface area contributed by atoms with Crippen molar-refractivity contribution in [3.8, 4) is 0 Å². The van der Waals surface area contributed by atoms with Gasteiger partial charge in [0.05, 0.1) is 5.56 Å². The van der Waals surface area contributed by atoms with Crippen LogP contribution in [-0.4, -0.2) is 7.05 Å². The molecule has 1 nitrogen and oxygen atoms in total. The molecule has 0 bridgehead atoms. The van der Waals surface area contributed by atoms with Gasteiger partial charge in [0.2, 0.25) is 0 Å².